The molecule has 0 aliphatic carbocycles. The van der Waals surface area contributed by atoms with Crippen LogP contribution in [-0.4, -0.2) is 72.9 Å². The third-order valence-corrected chi connectivity index (χ3v) is 5.95. The summed E-state index contributed by atoms with van der Waals surface area (Å²) in [5.41, 5.74) is 6.96. The molecule has 0 aliphatic rings. The average Bonchev–Trinajstić information content (AvgIpc) is 2.99. The highest BCUT2D eigenvalue weighted by Gasteiger charge is 2.33. The van der Waals surface area contributed by atoms with Crippen LogP contribution in [0.25, 0.3) is 6.08 Å². The Kier molecular flexibility index (Phi) is 14.0. The number of amides is 1. The Labute approximate surface area is 255 Å². The van der Waals surface area contributed by atoms with Crippen molar-refractivity contribution in [2.75, 3.05) is 26.4 Å². The molecule has 0 aromatic heterocycles. The number of nitrogens with zero attached hydrogens (tertiary/aromatic N) is 1. The van der Waals surface area contributed by atoms with E-state index in [9.17, 15) is 24.0 Å². The fourth-order valence-corrected chi connectivity index (χ4v) is 3.86. The highest BCUT2D eigenvalue weighted by Crippen LogP contribution is 2.18. The van der Waals surface area contributed by atoms with Crippen LogP contribution in [0.4, 0.5) is 0 Å². The quantitative estimate of drug-likeness (QED) is 0.0762. The van der Waals surface area contributed by atoms with Gasteiger partial charge in [0.1, 0.15) is 17.6 Å². The van der Waals surface area contributed by atoms with E-state index in [1.165, 1.54) is 37.3 Å². The molecule has 0 aliphatic heterocycles. The van der Waals surface area contributed by atoms with E-state index in [1.54, 1.807) is 51.1 Å². The van der Waals surface area contributed by atoms with Crippen LogP contribution >= 0.6 is 0 Å². The fourth-order valence-electron chi connectivity index (χ4n) is 3.86. The van der Waals surface area contributed by atoms with Gasteiger partial charge in [0, 0.05) is 23.8 Å². The molecule has 0 heterocycles. The van der Waals surface area contributed by atoms with Crippen molar-refractivity contribution in [2.24, 2.45) is 5.73 Å². The third kappa shape index (κ3) is 10.9. The predicted molar refractivity (Wildman–Crippen MR) is 162 cm³/mol. The number of hydrogen-bond donors (Lipinski definition) is 2. The van der Waals surface area contributed by atoms with E-state index >= 15 is 0 Å². The molecule has 0 unspecified atom stereocenters. The average molecular weight is 608 g/mol. The molecule has 0 saturated heterocycles. The molecule has 12 nitrogen and oxygen atoms in total. The molecule has 0 spiro atoms. The molecule has 3 N–H and O–H groups in total. The Morgan fingerprint density at radius 2 is 1.45 bits per heavy atom. The minimum absolute atomic E-state index is 0.0200. The van der Waals surface area contributed by atoms with Gasteiger partial charge in [-0.2, -0.15) is 0 Å². The standard InChI is InChI=1S/C32H37N3O9/c1-5-41-27(36)9-8-18-35(26(32(40)43-7-3)20-28(37)42-6-2)30(38)21(4)19-22-10-12-24(13-11-22)31(39)44-25-16-14-23(15-17-25)29(33)34/h8-17,19,26H,5-7,18,20H2,1-4H3,(H3,33,34)/b9-8+,21-19+/t26-/m0/s1. The Hall–Kier alpha value is -5.26. The Bertz CT molecular complexity index is 1400. The molecular weight excluding hydrogens is 570 g/mol. The van der Waals surface area contributed by atoms with Gasteiger partial charge in [0.05, 0.1) is 31.8 Å². The third-order valence-electron chi connectivity index (χ3n) is 5.95. The number of nitrogens with two attached hydrogens (primary N) is 1. The van der Waals surface area contributed by atoms with Crippen molar-refractivity contribution < 1.29 is 42.9 Å². The Morgan fingerprint density at radius 3 is 2.02 bits per heavy atom. The van der Waals surface area contributed by atoms with Crippen molar-refractivity contribution in [3.05, 3.63) is 82.9 Å². The van der Waals surface area contributed by atoms with Crippen LogP contribution in [0.1, 0.15) is 55.6 Å². The number of carbonyl (C=O) groups excluding carboxylic acids is 5. The molecule has 12 heteroatoms. The summed E-state index contributed by atoms with van der Waals surface area (Å²) >= 11 is 0. The first-order valence-electron chi connectivity index (χ1n) is 13.9. The molecular formula is C32H37N3O9. The zero-order valence-electron chi connectivity index (χ0n) is 25.2. The number of ether oxygens (including phenoxy) is 4. The van der Waals surface area contributed by atoms with Gasteiger partial charge in [0.25, 0.3) is 5.91 Å². The molecule has 0 radical (unpaired) electrons. The SMILES string of the molecule is CCOC(=O)/C=C/CN(C(=O)/C(C)=C/c1ccc(C(=O)Oc2ccc(C(=N)N)cc2)cc1)[C@@H](CC(=O)OCC)C(=O)OCC. The monoisotopic (exact) mass is 607 g/mol. The first-order valence-corrected chi connectivity index (χ1v) is 13.9. The van der Waals surface area contributed by atoms with Gasteiger partial charge >= 0.3 is 23.9 Å². The number of carbonyl (C=O) groups is 5. The van der Waals surface area contributed by atoms with Gasteiger partial charge in [0.2, 0.25) is 0 Å². The van der Waals surface area contributed by atoms with Gasteiger partial charge < -0.3 is 29.6 Å². The number of nitrogens with one attached hydrogen (secondary N) is 1. The number of hydrogen-bond acceptors (Lipinski definition) is 10. The Balaban J connectivity index is 2.29. The molecule has 1 amide bonds. The second-order valence-electron chi connectivity index (χ2n) is 9.17. The van der Waals surface area contributed by atoms with E-state index in [1.807, 2.05) is 0 Å². The molecule has 0 bridgehead atoms. The van der Waals surface area contributed by atoms with E-state index < -0.39 is 42.2 Å². The number of amidine groups is 1. The minimum atomic E-state index is -1.32. The van der Waals surface area contributed by atoms with Crippen LogP contribution in [-0.2, 0) is 33.4 Å². The maximum atomic E-state index is 13.6. The first kappa shape index (κ1) is 34.9. The summed E-state index contributed by atoms with van der Waals surface area (Å²) in [6, 6.07) is 11.1. The van der Waals surface area contributed by atoms with Gasteiger partial charge in [-0.15, -0.1) is 0 Å². The molecule has 44 heavy (non-hydrogen) atoms. The van der Waals surface area contributed by atoms with Crippen molar-refractivity contribution in [3.63, 3.8) is 0 Å². The zero-order valence-corrected chi connectivity index (χ0v) is 25.2. The predicted octanol–water partition coefficient (Wildman–Crippen LogP) is 3.43. The van der Waals surface area contributed by atoms with Gasteiger partial charge in [-0.3, -0.25) is 15.0 Å². The van der Waals surface area contributed by atoms with Gasteiger partial charge in [-0.1, -0.05) is 18.2 Å². The van der Waals surface area contributed by atoms with E-state index in [-0.39, 0.29) is 49.1 Å². The highest BCUT2D eigenvalue weighted by molar-refractivity contribution is 6.00. The molecule has 234 valence electrons. The molecule has 2 rings (SSSR count). The highest BCUT2D eigenvalue weighted by atomic mass is 16.5. The van der Waals surface area contributed by atoms with Crippen molar-refractivity contribution in [3.8, 4) is 5.75 Å². The normalized spacial score (nSPS) is 11.8. The Morgan fingerprint density at radius 1 is 0.864 bits per heavy atom. The lowest BCUT2D eigenvalue weighted by Crippen LogP contribution is -2.47. The summed E-state index contributed by atoms with van der Waals surface area (Å²) in [4.78, 5) is 64.4. The lowest BCUT2D eigenvalue weighted by Gasteiger charge is -2.29. The number of benzene rings is 2. The number of nitrogen functional groups attached to an aromatic ring is 1. The van der Waals surface area contributed by atoms with Crippen molar-refractivity contribution in [1.29, 1.82) is 5.41 Å². The molecule has 2 aromatic carbocycles. The van der Waals surface area contributed by atoms with E-state index in [0.29, 0.717) is 11.1 Å². The van der Waals surface area contributed by atoms with E-state index in [4.69, 9.17) is 30.1 Å². The van der Waals surface area contributed by atoms with E-state index in [0.717, 1.165) is 11.0 Å². The summed E-state index contributed by atoms with van der Waals surface area (Å²) in [5, 5.41) is 7.44. The number of rotatable bonds is 15. The minimum Gasteiger partial charge on any atom is -0.466 e. The summed E-state index contributed by atoms with van der Waals surface area (Å²) in [6.07, 6.45) is 3.58. The smallest absolute Gasteiger partial charge is 0.343 e. The first-order chi connectivity index (χ1) is 21.0. The second kappa shape index (κ2) is 17.6. The lowest BCUT2D eigenvalue weighted by atomic mass is 10.1. The molecule has 0 saturated carbocycles. The van der Waals surface area contributed by atoms with Crippen molar-refractivity contribution in [1.82, 2.24) is 4.90 Å². The summed E-state index contributed by atoms with van der Waals surface area (Å²) < 4.78 is 20.4. The summed E-state index contributed by atoms with van der Waals surface area (Å²) in [7, 11) is 0. The maximum absolute atomic E-state index is 13.6. The van der Waals surface area contributed by atoms with Crippen LogP contribution in [0, 0.1) is 5.41 Å². The van der Waals surface area contributed by atoms with Gasteiger partial charge in [-0.05, 0) is 75.7 Å². The van der Waals surface area contributed by atoms with Crippen LogP contribution in [0.5, 0.6) is 5.75 Å². The molecule has 0 fully saturated rings. The van der Waals surface area contributed by atoms with Crippen LogP contribution < -0.4 is 10.5 Å². The largest absolute Gasteiger partial charge is 0.466 e. The van der Waals surface area contributed by atoms with Crippen LogP contribution in [0.15, 0.2) is 66.3 Å². The van der Waals surface area contributed by atoms with Crippen LogP contribution in [0.2, 0.25) is 0 Å². The topological polar surface area (TPSA) is 175 Å². The molecule has 1 atom stereocenters. The lowest BCUT2D eigenvalue weighted by molar-refractivity contribution is -0.158. The summed E-state index contributed by atoms with van der Waals surface area (Å²) in [6.45, 7) is 6.46. The van der Waals surface area contributed by atoms with Crippen molar-refractivity contribution in [2.45, 2.75) is 40.2 Å². The van der Waals surface area contributed by atoms with Crippen LogP contribution in [0.3, 0.4) is 0 Å². The van der Waals surface area contributed by atoms with Gasteiger partial charge in [0.15, 0.2) is 0 Å². The maximum Gasteiger partial charge on any atom is 0.343 e. The van der Waals surface area contributed by atoms with Gasteiger partial charge in [-0.25, -0.2) is 14.4 Å². The van der Waals surface area contributed by atoms with E-state index in [2.05, 4.69) is 0 Å². The summed E-state index contributed by atoms with van der Waals surface area (Å²) in [5.74, 6) is -3.16. The number of esters is 4. The van der Waals surface area contributed by atoms with Crippen molar-refractivity contribution >= 4 is 41.7 Å². The zero-order chi connectivity index (χ0) is 32.6. The fraction of sp³-hybridized carbons (Fsp3) is 0.312. The molecule has 2 aromatic rings. The second-order valence-corrected chi connectivity index (χ2v) is 9.17.